The van der Waals surface area contributed by atoms with E-state index in [1.807, 2.05) is 0 Å². The molecule has 0 aliphatic heterocycles. The molecule has 0 fully saturated rings. The first-order chi connectivity index (χ1) is 4.16. The molecular formula is C7H18N2. The molecule has 9 heavy (non-hydrogen) atoms. The number of hydrogen-bond acceptors (Lipinski definition) is 2. The van der Waals surface area contributed by atoms with Gasteiger partial charge in [-0.15, -0.1) is 0 Å². The Bertz CT molecular complexity index is 61.9. The summed E-state index contributed by atoms with van der Waals surface area (Å²) < 4.78 is 0. The van der Waals surface area contributed by atoms with Crippen molar-refractivity contribution >= 4 is 0 Å². The quantitative estimate of drug-likeness (QED) is 0.559. The zero-order valence-corrected chi connectivity index (χ0v) is 6.43. The molecule has 0 amide bonds. The Morgan fingerprint density at radius 2 is 1.78 bits per heavy atom. The van der Waals surface area contributed by atoms with Crippen LogP contribution in [0.1, 0.15) is 33.1 Å². The maximum absolute atomic E-state index is 5.37. The van der Waals surface area contributed by atoms with E-state index in [2.05, 4.69) is 13.8 Å². The molecule has 0 heterocycles. The van der Waals surface area contributed by atoms with Crippen LogP contribution in [0.25, 0.3) is 0 Å². The zero-order chi connectivity index (χ0) is 7.28. The fourth-order valence-electron chi connectivity index (χ4n) is 0.681. The van der Waals surface area contributed by atoms with E-state index in [1.54, 1.807) is 0 Å². The third-order valence-corrected chi connectivity index (χ3v) is 1.69. The van der Waals surface area contributed by atoms with Crippen molar-refractivity contribution in [2.75, 3.05) is 0 Å². The van der Waals surface area contributed by atoms with Gasteiger partial charge in [0.1, 0.15) is 0 Å². The van der Waals surface area contributed by atoms with E-state index in [1.165, 1.54) is 6.42 Å². The minimum absolute atomic E-state index is 0.112. The molecule has 4 N–H and O–H groups in total. The smallest absolute Gasteiger partial charge is 0.0520 e. The van der Waals surface area contributed by atoms with Gasteiger partial charge in [-0.1, -0.05) is 20.3 Å². The highest BCUT2D eigenvalue weighted by Gasteiger charge is 1.99. The van der Waals surface area contributed by atoms with Crippen molar-refractivity contribution < 1.29 is 0 Å². The normalized spacial score (nSPS) is 14.3. The van der Waals surface area contributed by atoms with Crippen molar-refractivity contribution in [3.8, 4) is 0 Å². The van der Waals surface area contributed by atoms with Gasteiger partial charge >= 0.3 is 0 Å². The lowest BCUT2D eigenvalue weighted by atomic mass is 10.0. The monoisotopic (exact) mass is 130 g/mol. The Hall–Kier alpha value is -0.0800. The molecule has 56 valence electrons. The first-order valence-electron chi connectivity index (χ1n) is 3.68. The summed E-state index contributed by atoms with van der Waals surface area (Å²) in [6.45, 7) is 4.41. The molecule has 1 unspecified atom stereocenters. The minimum Gasteiger partial charge on any atom is -0.316 e. The van der Waals surface area contributed by atoms with E-state index in [0.717, 1.165) is 18.8 Å². The van der Waals surface area contributed by atoms with Crippen molar-refractivity contribution in [1.82, 2.24) is 0 Å². The standard InChI is InChI=1S/C7H18N2/c1-3-6(2)4-5-7(8)9/h6-7H,3-5,8-9H2,1-2H3. The molecule has 0 radical (unpaired) electrons. The van der Waals surface area contributed by atoms with Crippen molar-refractivity contribution in [3.05, 3.63) is 0 Å². The summed E-state index contributed by atoms with van der Waals surface area (Å²) in [6.07, 6.45) is 3.23. The number of rotatable bonds is 4. The summed E-state index contributed by atoms with van der Waals surface area (Å²) in [4.78, 5) is 0. The minimum atomic E-state index is -0.112. The second kappa shape index (κ2) is 4.77. The summed E-state index contributed by atoms with van der Waals surface area (Å²) in [5.41, 5.74) is 10.7. The summed E-state index contributed by atoms with van der Waals surface area (Å²) in [7, 11) is 0. The van der Waals surface area contributed by atoms with E-state index >= 15 is 0 Å². The van der Waals surface area contributed by atoms with Crippen LogP contribution < -0.4 is 11.5 Å². The Balaban J connectivity index is 3.06. The highest BCUT2D eigenvalue weighted by atomic mass is 14.8. The second-order valence-corrected chi connectivity index (χ2v) is 2.75. The first-order valence-corrected chi connectivity index (χ1v) is 3.68. The fourth-order valence-corrected chi connectivity index (χ4v) is 0.681. The third kappa shape index (κ3) is 5.80. The Morgan fingerprint density at radius 3 is 2.11 bits per heavy atom. The molecule has 1 atom stereocenters. The maximum atomic E-state index is 5.37. The zero-order valence-electron chi connectivity index (χ0n) is 6.43. The summed E-state index contributed by atoms with van der Waals surface area (Å²) in [5, 5.41) is 0. The van der Waals surface area contributed by atoms with Gasteiger partial charge in [0, 0.05) is 0 Å². The van der Waals surface area contributed by atoms with Crippen molar-refractivity contribution in [2.45, 2.75) is 39.3 Å². The predicted molar refractivity (Wildman–Crippen MR) is 40.9 cm³/mol. The molecule has 0 spiro atoms. The molecule has 2 nitrogen and oxygen atoms in total. The Labute approximate surface area is 57.6 Å². The third-order valence-electron chi connectivity index (χ3n) is 1.69. The van der Waals surface area contributed by atoms with Crippen LogP contribution in [0.4, 0.5) is 0 Å². The molecule has 0 aromatic rings. The highest BCUT2D eigenvalue weighted by molar-refractivity contribution is 4.55. The Morgan fingerprint density at radius 1 is 1.22 bits per heavy atom. The molecule has 0 aliphatic rings. The SMILES string of the molecule is CCC(C)CCC(N)N. The van der Waals surface area contributed by atoms with Gasteiger partial charge in [-0.05, 0) is 18.8 Å². The Kier molecular flexibility index (Phi) is 4.72. The van der Waals surface area contributed by atoms with Gasteiger partial charge in [0.05, 0.1) is 6.17 Å². The maximum Gasteiger partial charge on any atom is 0.0520 e. The van der Waals surface area contributed by atoms with E-state index in [-0.39, 0.29) is 6.17 Å². The molecule has 2 heteroatoms. The van der Waals surface area contributed by atoms with Crippen LogP contribution >= 0.6 is 0 Å². The van der Waals surface area contributed by atoms with Crippen LogP contribution in [0.3, 0.4) is 0 Å². The average Bonchev–Trinajstić information content (AvgIpc) is 1.83. The predicted octanol–water partition coefficient (Wildman–Crippen LogP) is 1.06. The fraction of sp³-hybridized carbons (Fsp3) is 1.00. The van der Waals surface area contributed by atoms with E-state index in [4.69, 9.17) is 11.5 Å². The highest BCUT2D eigenvalue weighted by Crippen LogP contribution is 2.08. The molecule has 0 saturated heterocycles. The van der Waals surface area contributed by atoms with Crippen LogP contribution in [0.5, 0.6) is 0 Å². The van der Waals surface area contributed by atoms with Crippen molar-refractivity contribution in [3.63, 3.8) is 0 Å². The summed E-state index contributed by atoms with van der Waals surface area (Å²) >= 11 is 0. The number of nitrogens with two attached hydrogens (primary N) is 2. The molecule has 0 saturated carbocycles. The first kappa shape index (κ1) is 8.92. The van der Waals surface area contributed by atoms with Gasteiger partial charge in [0.2, 0.25) is 0 Å². The van der Waals surface area contributed by atoms with Gasteiger partial charge in [0.15, 0.2) is 0 Å². The molecular weight excluding hydrogens is 112 g/mol. The van der Waals surface area contributed by atoms with Crippen molar-refractivity contribution in [1.29, 1.82) is 0 Å². The molecule has 0 aromatic heterocycles. The van der Waals surface area contributed by atoms with E-state index in [0.29, 0.717) is 0 Å². The van der Waals surface area contributed by atoms with Crippen LogP contribution in [-0.4, -0.2) is 6.17 Å². The summed E-state index contributed by atoms with van der Waals surface area (Å²) in [6, 6.07) is 0. The lowest BCUT2D eigenvalue weighted by Gasteiger charge is -2.09. The summed E-state index contributed by atoms with van der Waals surface area (Å²) in [5.74, 6) is 0.777. The molecule has 0 aromatic carbocycles. The van der Waals surface area contributed by atoms with Crippen LogP contribution in [-0.2, 0) is 0 Å². The lowest BCUT2D eigenvalue weighted by molar-refractivity contribution is 0.462. The molecule has 0 aliphatic carbocycles. The van der Waals surface area contributed by atoms with Gasteiger partial charge in [-0.3, -0.25) is 0 Å². The molecule has 0 bridgehead atoms. The second-order valence-electron chi connectivity index (χ2n) is 2.75. The van der Waals surface area contributed by atoms with Gasteiger partial charge in [-0.2, -0.15) is 0 Å². The van der Waals surface area contributed by atoms with Gasteiger partial charge in [0.25, 0.3) is 0 Å². The van der Waals surface area contributed by atoms with Crippen LogP contribution in [0, 0.1) is 5.92 Å². The van der Waals surface area contributed by atoms with Crippen molar-refractivity contribution in [2.24, 2.45) is 17.4 Å². The van der Waals surface area contributed by atoms with Gasteiger partial charge in [-0.25, -0.2) is 0 Å². The van der Waals surface area contributed by atoms with Crippen LogP contribution in [0.15, 0.2) is 0 Å². The molecule has 0 rings (SSSR count). The van der Waals surface area contributed by atoms with E-state index < -0.39 is 0 Å². The largest absolute Gasteiger partial charge is 0.316 e. The van der Waals surface area contributed by atoms with E-state index in [9.17, 15) is 0 Å². The average molecular weight is 130 g/mol. The van der Waals surface area contributed by atoms with Gasteiger partial charge < -0.3 is 11.5 Å². The number of hydrogen-bond donors (Lipinski definition) is 2. The van der Waals surface area contributed by atoms with Crippen LogP contribution in [0.2, 0.25) is 0 Å². The topological polar surface area (TPSA) is 52.0 Å². The lowest BCUT2D eigenvalue weighted by Crippen LogP contribution is -2.30.